The molecule has 1 amide bonds. The molecular formula is C27H29F3N2O3. The Bertz CT molecular complexity index is 1130. The number of hydrogen-bond acceptors (Lipinski definition) is 4. The number of carbonyl (C=O) groups is 1. The van der Waals surface area contributed by atoms with Crippen LogP contribution in [0.1, 0.15) is 61.8 Å². The van der Waals surface area contributed by atoms with E-state index in [4.69, 9.17) is 9.47 Å². The largest absolute Gasteiger partial charge is 0.454 e. The lowest BCUT2D eigenvalue weighted by atomic mass is 9.91. The van der Waals surface area contributed by atoms with Crippen molar-refractivity contribution in [3.05, 3.63) is 65.2 Å². The van der Waals surface area contributed by atoms with Crippen molar-refractivity contribution < 1.29 is 27.4 Å². The molecule has 3 atom stereocenters. The lowest BCUT2D eigenvalue weighted by Gasteiger charge is -2.35. The Morgan fingerprint density at radius 3 is 2.49 bits per heavy atom. The first-order chi connectivity index (χ1) is 16.8. The zero-order valence-electron chi connectivity index (χ0n) is 19.8. The number of ether oxygens (including phenoxy) is 2. The highest BCUT2D eigenvalue weighted by atomic mass is 19.4. The molecule has 186 valence electrons. The van der Waals surface area contributed by atoms with Crippen LogP contribution >= 0.6 is 0 Å². The Balaban J connectivity index is 1.37. The van der Waals surface area contributed by atoms with Gasteiger partial charge >= 0.3 is 6.18 Å². The van der Waals surface area contributed by atoms with Gasteiger partial charge in [-0.25, -0.2) is 0 Å². The van der Waals surface area contributed by atoms with Crippen LogP contribution < -0.4 is 14.4 Å². The molecule has 0 spiro atoms. The summed E-state index contributed by atoms with van der Waals surface area (Å²) in [5.41, 5.74) is 2.22. The number of benzene rings is 2. The molecule has 2 aromatic rings. The predicted octanol–water partition coefficient (Wildman–Crippen LogP) is 6.06. The SMILES string of the molecule is CCC(=O)N1c2cc3c(cc2C(CCN2CC=CCC2c2ccc(C(F)(F)F)cc2)C1C)OCO3. The van der Waals surface area contributed by atoms with Crippen molar-refractivity contribution in [1.29, 1.82) is 0 Å². The summed E-state index contributed by atoms with van der Waals surface area (Å²) in [4.78, 5) is 17.0. The molecule has 3 unspecified atom stereocenters. The molecule has 3 aliphatic heterocycles. The van der Waals surface area contributed by atoms with Crippen LogP contribution in [-0.2, 0) is 11.0 Å². The van der Waals surface area contributed by atoms with Crippen LogP contribution in [0.3, 0.4) is 0 Å². The second-order valence-corrected chi connectivity index (χ2v) is 9.35. The van der Waals surface area contributed by atoms with Crippen molar-refractivity contribution in [2.75, 3.05) is 24.8 Å². The van der Waals surface area contributed by atoms with Gasteiger partial charge in [-0.3, -0.25) is 9.69 Å². The summed E-state index contributed by atoms with van der Waals surface area (Å²) in [6, 6.07) is 9.44. The number of hydrogen-bond donors (Lipinski definition) is 0. The van der Waals surface area contributed by atoms with Crippen molar-refractivity contribution in [1.82, 2.24) is 4.90 Å². The molecule has 3 aliphatic rings. The van der Waals surface area contributed by atoms with Crippen molar-refractivity contribution in [3.8, 4) is 11.5 Å². The normalized spacial score (nSPS) is 23.6. The van der Waals surface area contributed by atoms with E-state index >= 15 is 0 Å². The van der Waals surface area contributed by atoms with E-state index in [9.17, 15) is 18.0 Å². The van der Waals surface area contributed by atoms with Gasteiger partial charge in [0.2, 0.25) is 12.7 Å². The highest BCUT2D eigenvalue weighted by Crippen LogP contribution is 2.49. The van der Waals surface area contributed by atoms with Crippen LogP contribution in [0.15, 0.2) is 48.6 Å². The first-order valence-electron chi connectivity index (χ1n) is 12.1. The standard InChI is InChI=1S/C27H29F3N2O3/c1-3-26(33)32-17(2)20(21-14-24-25(15-23(21)32)35-16-34-24)11-13-31-12-5-4-6-22(31)18-7-9-19(10-8-18)27(28,29)30/h4-5,7-10,14-15,17,20,22H,3,6,11-13,16H2,1-2H3. The van der Waals surface area contributed by atoms with Gasteiger partial charge in [-0.15, -0.1) is 0 Å². The Kier molecular flexibility index (Phi) is 6.25. The molecule has 5 nitrogen and oxygen atoms in total. The maximum atomic E-state index is 13.0. The number of fused-ring (bicyclic) bond motifs is 2. The lowest BCUT2D eigenvalue weighted by molar-refractivity contribution is -0.137. The van der Waals surface area contributed by atoms with E-state index in [-0.39, 0.29) is 30.7 Å². The summed E-state index contributed by atoms with van der Waals surface area (Å²) >= 11 is 0. The van der Waals surface area contributed by atoms with Gasteiger partial charge in [-0.1, -0.05) is 31.2 Å². The zero-order valence-corrected chi connectivity index (χ0v) is 19.8. The predicted molar refractivity (Wildman–Crippen MR) is 127 cm³/mol. The molecule has 0 radical (unpaired) electrons. The van der Waals surface area contributed by atoms with Gasteiger partial charge in [-0.2, -0.15) is 13.2 Å². The smallest absolute Gasteiger partial charge is 0.416 e. The minimum atomic E-state index is -4.34. The average molecular weight is 487 g/mol. The van der Waals surface area contributed by atoms with E-state index in [1.807, 2.05) is 24.0 Å². The molecule has 3 heterocycles. The molecule has 0 aliphatic carbocycles. The number of halogens is 3. The number of rotatable bonds is 5. The van der Waals surface area contributed by atoms with Crippen LogP contribution in [-0.4, -0.2) is 36.7 Å². The van der Waals surface area contributed by atoms with Crippen LogP contribution in [0.4, 0.5) is 18.9 Å². The highest BCUT2D eigenvalue weighted by Gasteiger charge is 2.40. The summed E-state index contributed by atoms with van der Waals surface area (Å²) in [5.74, 6) is 1.56. The maximum absolute atomic E-state index is 13.0. The van der Waals surface area contributed by atoms with Crippen LogP contribution in [0.25, 0.3) is 0 Å². The van der Waals surface area contributed by atoms with Gasteiger partial charge in [0.25, 0.3) is 0 Å². The lowest BCUT2D eigenvalue weighted by Crippen LogP contribution is -2.38. The fraction of sp³-hybridized carbons (Fsp3) is 0.444. The molecule has 2 aromatic carbocycles. The molecule has 0 saturated heterocycles. The molecular weight excluding hydrogens is 457 g/mol. The molecule has 0 saturated carbocycles. The Hall–Kier alpha value is -3.00. The minimum Gasteiger partial charge on any atom is -0.454 e. The van der Waals surface area contributed by atoms with Gasteiger partial charge in [0, 0.05) is 37.0 Å². The third kappa shape index (κ3) is 4.40. The first-order valence-corrected chi connectivity index (χ1v) is 12.1. The van der Waals surface area contributed by atoms with Crippen LogP contribution in [0.5, 0.6) is 11.5 Å². The molecule has 5 rings (SSSR count). The molecule has 0 N–H and O–H groups in total. The van der Waals surface area contributed by atoms with Gasteiger partial charge < -0.3 is 14.4 Å². The summed E-state index contributed by atoms with van der Waals surface area (Å²) in [6.07, 6.45) is 1.84. The minimum absolute atomic E-state index is 0.00942. The fourth-order valence-corrected chi connectivity index (χ4v) is 5.54. The summed E-state index contributed by atoms with van der Waals surface area (Å²) in [7, 11) is 0. The fourth-order valence-electron chi connectivity index (χ4n) is 5.54. The van der Waals surface area contributed by atoms with Crippen LogP contribution in [0, 0.1) is 0 Å². The average Bonchev–Trinajstić information content (AvgIpc) is 3.41. The number of carbonyl (C=O) groups excluding carboxylic acids is 1. The maximum Gasteiger partial charge on any atom is 0.416 e. The Morgan fingerprint density at radius 2 is 1.80 bits per heavy atom. The van der Waals surface area contributed by atoms with E-state index in [0.29, 0.717) is 17.9 Å². The molecule has 0 fully saturated rings. The second kappa shape index (κ2) is 9.22. The number of anilines is 1. The summed E-state index contributed by atoms with van der Waals surface area (Å²) in [5, 5.41) is 0. The third-order valence-electron chi connectivity index (χ3n) is 7.40. The zero-order chi connectivity index (χ0) is 24.7. The number of amides is 1. The monoisotopic (exact) mass is 486 g/mol. The summed E-state index contributed by atoms with van der Waals surface area (Å²) in [6.45, 7) is 5.61. The molecule has 0 bridgehead atoms. The van der Waals surface area contributed by atoms with Gasteiger partial charge in [0.05, 0.1) is 11.3 Å². The molecule has 8 heteroatoms. The Labute approximate surface area is 203 Å². The van der Waals surface area contributed by atoms with Crippen LogP contribution in [0.2, 0.25) is 0 Å². The molecule has 35 heavy (non-hydrogen) atoms. The van der Waals surface area contributed by atoms with Crippen molar-refractivity contribution >= 4 is 11.6 Å². The van der Waals surface area contributed by atoms with Crippen molar-refractivity contribution in [3.63, 3.8) is 0 Å². The van der Waals surface area contributed by atoms with E-state index in [2.05, 4.69) is 24.0 Å². The topological polar surface area (TPSA) is 42.0 Å². The van der Waals surface area contributed by atoms with E-state index in [0.717, 1.165) is 54.9 Å². The van der Waals surface area contributed by atoms with Crippen molar-refractivity contribution in [2.24, 2.45) is 0 Å². The number of alkyl halides is 3. The van der Waals surface area contributed by atoms with Crippen molar-refractivity contribution in [2.45, 2.75) is 57.3 Å². The second-order valence-electron chi connectivity index (χ2n) is 9.35. The van der Waals surface area contributed by atoms with E-state index < -0.39 is 11.7 Å². The molecule has 0 aromatic heterocycles. The first kappa shape index (κ1) is 23.7. The van der Waals surface area contributed by atoms with E-state index in [1.54, 1.807) is 12.1 Å². The van der Waals surface area contributed by atoms with Gasteiger partial charge in [-0.05, 0) is 55.6 Å². The number of nitrogens with zero attached hydrogens (tertiary/aromatic N) is 2. The third-order valence-corrected chi connectivity index (χ3v) is 7.40. The quantitative estimate of drug-likeness (QED) is 0.482. The summed E-state index contributed by atoms with van der Waals surface area (Å²) < 4.78 is 50.2. The van der Waals surface area contributed by atoms with E-state index in [1.165, 1.54) is 0 Å². The Morgan fingerprint density at radius 1 is 1.09 bits per heavy atom. The highest BCUT2D eigenvalue weighted by molar-refractivity contribution is 5.97. The van der Waals surface area contributed by atoms with Gasteiger partial charge in [0.15, 0.2) is 11.5 Å². The van der Waals surface area contributed by atoms with Gasteiger partial charge in [0.1, 0.15) is 0 Å².